The summed E-state index contributed by atoms with van der Waals surface area (Å²) in [5.74, 6) is 0. The van der Waals surface area contributed by atoms with Gasteiger partial charge in [-0.15, -0.1) is 0 Å². The van der Waals surface area contributed by atoms with E-state index in [4.69, 9.17) is 11.6 Å². The second kappa shape index (κ2) is 5.77. The van der Waals surface area contributed by atoms with Crippen LogP contribution in [0.3, 0.4) is 0 Å². The number of nitrogens with zero attached hydrogens (tertiary/aromatic N) is 1. The lowest BCUT2D eigenvalue weighted by molar-refractivity contribution is 0.552. The van der Waals surface area contributed by atoms with Gasteiger partial charge in [0.2, 0.25) is 10.0 Å². The van der Waals surface area contributed by atoms with Crippen LogP contribution in [0.1, 0.15) is 19.3 Å². The van der Waals surface area contributed by atoms with Crippen LogP contribution in [0.15, 0.2) is 23.2 Å². The van der Waals surface area contributed by atoms with Gasteiger partial charge in [0.05, 0.1) is 0 Å². The number of halogens is 1. The molecule has 1 aliphatic carbocycles. The third-order valence-corrected chi connectivity index (χ3v) is 5.87. The van der Waals surface area contributed by atoms with Crippen molar-refractivity contribution in [2.24, 2.45) is 0 Å². The van der Waals surface area contributed by atoms with Crippen LogP contribution in [0.5, 0.6) is 0 Å². The van der Waals surface area contributed by atoms with Gasteiger partial charge >= 0.3 is 0 Å². The summed E-state index contributed by atoms with van der Waals surface area (Å²) >= 11 is 7.44. The van der Waals surface area contributed by atoms with Crippen LogP contribution in [0.25, 0.3) is 0 Å². The molecule has 0 aliphatic heterocycles. The highest BCUT2D eigenvalue weighted by molar-refractivity contribution is 7.99. The summed E-state index contributed by atoms with van der Waals surface area (Å²) in [7, 11) is -3.47. The van der Waals surface area contributed by atoms with Crippen molar-refractivity contribution < 1.29 is 8.42 Å². The van der Waals surface area contributed by atoms with Gasteiger partial charge in [0.1, 0.15) is 10.0 Å². The van der Waals surface area contributed by atoms with Crippen LogP contribution in [0.2, 0.25) is 5.15 Å². The fourth-order valence-electron chi connectivity index (χ4n) is 2.07. The Balaban J connectivity index is 2.06. The summed E-state index contributed by atoms with van der Waals surface area (Å²) in [5, 5.41) is 0.846. The van der Waals surface area contributed by atoms with Crippen molar-refractivity contribution in [1.29, 1.82) is 0 Å². The molecule has 0 spiro atoms. The largest absolute Gasteiger partial charge is 0.243 e. The first kappa shape index (κ1) is 14.1. The minimum atomic E-state index is -3.47. The Hall–Kier alpha value is -0.300. The number of hydrogen-bond acceptors (Lipinski definition) is 4. The number of rotatable bonds is 4. The molecule has 1 aliphatic rings. The summed E-state index contributed by atoms with van der Waals surface area (Å²) in [4.78, 5) is 3.96. The molecule has 0 radical (unpaired) electrons. The molecular formula is C11H15ClN2O2S2. The molecule has 1 fully saturated rings. The first-order chi connectivity index (χ1) is 8.51. The normalized spacial score (nSPS) is 24.3. The van der Waals surface area contributed by atoms with Gasteiger partial charge in [-0.2, -0.15) is 11.8 Å². The third kappa shape index (κ3) is 3.38. The molecule has 1 saturated carbocycles. The molecule has 2 unspecified atom stereocenters. The van der Waals surface area contributed by atoms with Crippen molar-refractivity contribution in [3.63, 3.8) is 0 Å². The Morgan fingerprint density at radius 3 is 2.78 bits per heavy atom. The molecule has 0 bridgehead atoms. The second-order valence-corrected chi connectivity index (χ2v) is 7.54. The first-order valence-corrected chi connectivity index (χ1v) is 8.83. The Bertz CT molecular complexity index is 504. The Morgan fingerprint density at radius 1 is 1.44 bits per heavy atom. The monoisotopic (exact) mass is 306 g/mol. The SMILES string of the molecule is CSC1CCC(NS(=O)(=O)c2ccc(Cl)nc2)C1. The quantitative estimate of drug-likeness (QED) is 0.867. The van der Waals surface area contributed by atoms with E-state index < -0.39 is 10.0 Å². The van der Waals surface area contributed by atoms with E-state index in [-0.39, 0.29) is 16.1 Å². The molecule has 1 heterocycles. The van der Waals surface area contributed by atoms with Crippen molar-refractivity contribution in [2.45, 2.75) is 35.4 Å². The molecule has 100 valence electrons. The number of sulfonamides is 1. The van der Waals surface area contributed by atoms with Gasteiger partial charge in [-0.1, -0.05) is 11.6 Å². The highest BCUT2D eigenvalue weighted by atomic mass is 35.5. The van der Waals surface area contributed by atoms with Crippen LogP contribution >= 0.6 is 23.4 Å². The standard InChI is InChI=1S/C11H15ClN2O2S2/c1-17-9-3-2-8(6-9)14-18(15,16)10-4-5-11(12)13-7-10/h4-5,7-9,14H,2-3,6H2,1H3. The van der Waals surface area contributed by atoms with Crippen molar-refractivity contribution in [1.82, 2.24) is 9.71 Å². The molecule has 1 N–H and O–H groups in total. The van der Waals surface area contributed by atoms with E-state index in [0.717, 1.165) is 19.3 Å². The Labute approximate surface area is 117 Å². The molecule has 2 rings (SSSR count). The van der Waals surface area contributed by atoms with Crippen LogP contribution in [0.4, 0.5) is 0 Å². The van der Waals surface area contributed by atoms with Crippen molar-refractivity contribution in [3.8, 4) is 0 Å². The third-order valence-electron chi connectivity index (χ3n) is 3.05. The van der Waals surface area contributed by atoms with E-state index in [2.05, 4.69) is 16.0 Å². The fourth-order valence-corrected chi connectivity index (χ4v) is 4.21. The molecule has 1 aromatic heterocycles. The minimum absolute atomic E-state index is 0.0307. The lowest BCUT2D eigenvalue weighted by atomic mass is 10.3. The highest BCUT2D eigenvalue weighted by Gasteiger charge is 2.28. The van der Waals surface area contributed by atoms with Gasteiger partial charge in [0.25, 0.3) is 0 Å². The van der Waals surface area contributed by atoms with Crippen molar-refractivity contribution >= 4 is 33.4 Å². The van der Waals surface area contributed by atoms with E-state index in [1.807, 2.05) is 0 Å². The fraction of sp³-hybridized carbons (Fsp3) is 0.545. The predicted molar refractivity (Wildman–Crippen MR) is 74.5 cm³/mol. The minimum Gasteiger partial charge on any atom is -0.243 e. The van der Waals surface area contributed by atoms with Crippen molar-refractivity contribution in [3.05, 3.63) is 23.5 Å². The summed E-state index contributed by atoms with van der Waals surface area (Å²) in [6, 6.07) is 2.98. The maximum absolute atomic E-state index is 12.1. The zero-order chi connectivity index (χ0) is 13.2. The number of pyridine rings is 1. The first-order valence-electron chi connectivity index (χ1n) is 5.68. The van der Waals surface area contributed by atoms with Gasteiger partial charge < -0.3 is 0 Å². The van der Waals surface area contributed by atoms with E-state index in [1.165, 1.54) is 18.3 Å². The second-order valence-electron chi connectivity index (χ2n) is 4.31. The highest BCUT2D eigenvalue weighted by Crippen LogP contribution is 2.29. The van der Waals surface area contributed by atoms with Crippen LogP contribution in [0, 0.1) is 0 Å². The molecule has 1 aromatic rings. The number of nitrogens with one attached hydrogen (secondary N) is 1. The molecule has 18 heavy (non-hydrogen) atoms. The zero-order valence-corrected chi connectivity index (χ0v) is 12.4. The zero-order valence-electron chi connectivity index (χ0n) is 9.97. The van der Waals surface area contributed by atoms with Gasteiger partial charge in [-0.3, -0.25) is 0 Å². The van der Waals surface area contributed by atoms with Crippen LogP contribution in [-0.2, 0) is 10.0 Å². The van der Waals surface area contributed by atoms with E-state index >= 15 is 0 Å². The molecule has 0 saturated heterocycles. The molecule has 7 heteroatoms. The predicted octanol–water partition coefficient (Wildman–Crippen LogP) is 2.30. The smallest absolute Gasteiger partial charge is 0.242 e. The van der Waals surface area contributed by atoms with Crippen LogP contribution < -0.4 is 4.72 Å². The lowest BCUT2D eigenvalue weighted by Crippen LogP contribution is -2.33. The van der Waals surface area contributed by atoms with E-state index in [0.29, 0.717) is 5.25 Å². The summed E-state index contributed by atoms with van der Waals surface area (Å²) in [6.07, 6.45) is 6.19. The van der Waals surface area contributed by atoms with Gasteiger partial charge in [0.15, 0.2) is 0 Å². The molecule has 2 atom stereocenters. The van der Waals surface area contributed by atoms with Gasteiger partial charge in [-0.05, 0) is 37.7 Å². The Kier molecular flexibility index (Phi) is 4.53. The number of hydrogen-bond donors (Lipinski definition) is 1. The average molecular weight is 307 g/mol. The lowest BCUT2D eigenvalue weighted by Gasteiger charge is -2.13. The van der Waals surface area contributed by atoms with Gasteiger partial charge in [0, 0.05) is 17.5 Å². The topological polar surface area (TPSA) is 59.1 Å². The maximum atomic E-state index is 12.1. The number of thioether (sulfide) groups is 1. The van der Waals surface area contributed by atoms with Gasteiger partial charge in [-0.25, -0.2) is 18.1 Å². The summed E-state index contributed by atoms with van der Waals surface area (Å²) < 4.78 is 26.9. The van der Waals surface area contributed by atoms with Crippen molar-refractivity contribution in [2.75, 3.05) is 6.26 Å². The van der Waals surface area contributed by atoms with E-state index in [9.17, 15) is 8.42 Å². The molecule has 0 amide bonds. The maximum Gasteiger partial charge on any atom is 0.242 e. The average Bonchev–Trinajstić information content (AvgIpc) is 2.76. The Morgan fingerprint density at radius 2 is 2.22 bits per heavy atom. The number of aromatic nitrogens is 1. The molecule has 0 aromatic carbocycles. The van der Waals surface area contributed by atoms with Crippen LogP contribution in [-0.4, -0.2) is 30.9 Å². The van der Waals surface area contributed by atoms with E-state index in [1.54, 1.807) is 11.8 Å². The molecular weight excluding hydrogens is 292 g/mol. The molecule has 4 nitrogen and oxygen atoms in total. The summed E-state index contributed by atoms with van der Waals surface area (Å²) in [5.41, 5.74) is 0. The summed E-state index contributed by atoms with van der Waals surface area (Å²) in [6.45, 7) is 0.